The van der Waals surface area contributed by atoms with E-state index < -0.39 is 0 Å². The monoisotopic (exact) mass is 394 g/mol. The van der Waals surface area contributed by atoms with Crippen molar-refractivity contribution in [1.29, 1.82) is 0 Å². The van der Waals surface area contributed by atoms with Crippen LogP contribution in [-0.4, -0.2) is 29.3 Å². The van der Waals surface area contributed by atoms with Crippen molar-refractivity contribution in [2.45, 2.75) is 58.5 Å². The molecule has 0 aliphatic carbocycles. The second-order valence-corrected chi connectivity index (χ2v) is 7.17. The lowest BCUT2D eigenvalue weighted by molar-refractivity contribution is 0.0566. The van der Waals surface area contributed by atoms with Gasteiger partial charge in [0, 0.05) is 12.2 Å². The van der Waals surface area contributed by atoms with Crippen LogP contribution in [0, 0.1) is 0 Å². The van der Waals surface area contributed by atoms with E-state index in [1.165, 1.54) is 19.3 Å². The SMILES string of the molecule is C=CCOc1ccc(-c2cnc(/C=C/CCCC(C)OCCCCC)cn2)cc1. The molecular weight excluding hydrogens is 360 g/mol. The molecule has 2 aromatic rings. The molecule has 1 unspecified atom stereocenters. The van der Waals surface area contributed by atoms with Crippen LogP contribution in [0.1, 0.15) is 58.1 Å². The molecule has 0 spiro atoms. The molecule has 0 saturated carbocycles. The predicted octanol–water partition coefficient (Wildman–Crippen LogP) is 6.49. The van der Waals surface area contributed by atoms with Gasteiger partial charge in [-0.05, 0) is 62.9 Å². The summed E-state index contributed by atoms with van der Waals surface area (Å²) in [7, 11) is 0. The zero-order valence-corrected chi connectivity index (χ0v) is 17.8. The summed E-state index contributed by atoms with van der Waals surface area (Å²) < 4.78 is 11.3. The Balaban J connectivity index is 1.72. The summed E-state index contributed by atoms with van der Waals surface area (Å²) in [6.07, 6.45) is 16.8. The fraction of sp³-hybridized carbons (Fsp3) is 0.440. The van der Waals surface area contributed by atoms with Crippen LogP contribution < -0.4 is 4.74 Å². The molecular formula is C25H34N2O2. The minimum atomic E-state index is 0.341. The zero-order chi connectivity index (χ0) is 20.7. The smallest absolute Gasteiger partial charge is 0.119 e. The van der Waals surface area contributed by atoms with E-state index in [4.69, 9.17) is 9.47 Å². The molecule has 1 heterocycles. The Kier molecular flexibility index (Phi) is 10.8. The van der Waals surface area contributed by atoms with Crippen LogP contribution in [0.3, 0.4) is 0 Å². The van der Waals surface area contributed by atoms with Gasteiger partial charge in [-0.1, -0.05) is 38.5 Å². The number of aromatic nitrogens is 2. The largest absolute Gasteiger partial charge is 0.490 e. The number of allylic oxidation sites excluding steroid dienone is 1. The van der Waals surface area contributed by atoms with Crippen molar-refractivity contribution < 1.29 is 9.47 Å². The topological polar surface area (TPSA) is 44.2 Å². The minimum absolute atomic E-state index is 0.341. The van der Waals surface area contributed by atoms with E-state index in [1.54, 1.807) is 6.08 Å². The van der Waals surface area contributed by atoms with Gasteiger partial charge >= 0.3 is 0 Å². The average molecular weight is 395 g/mol. The second kappa shape index (κ2) is 13.7. The van der Waals surface area contributed by atoms with E-state index in [9.17, 15) is 0 Å². The first-order chi connectivity index (χ1) is 14.2. The molecule has 0 radical (unpaired) electrons. The maximum absolute atomic E-state index is 5.83. The molecule has 1 atom stereocenters. The van der Waals surface area contributed by atoms with Crippen LogP contribution in [0.2, 0.25) is 0 Å². The lowest BCUT2D eigenvalue weighted by Crippen LogP contribution is -2.08. The number of hydrogen-bond donors (Lipinski definition) is 0. The molecule has 0 saturated heterocycles. The standard InChI is InChI=1S/C25H34N2O2/c1-4-6-10-18-28-21(3)11-8-7-9-12-23-19-27-25(20-26-23)22-13-15-24(16-14-22)29-17-5-2/h5,9,12-16,19-21H,2,4,6-8,10-11,17-18H2,1,3H3/b12-9+. The van der Waals surface area contributed by atoms with Crippen LogP contribution in [0.5, 0.6) is 5.75 Å². The van der Waals surface area contributed by atoms with E-state index in [1.807, 2.05) is 42.7 Å². The Morgan fingerprint density at radius 2 is 1.90 bits per heavy atom. The number of rotatable bonds is 14. The van der Waals surface area contributed by atoms with Gasteiger partial charge in [0.25, 0.3) is 0 Å². The van der Waals surface area contributed by atoms with Crippen molar-refractivity contribution in [3.8, 4) is 17.0 Å². The van der Waals surface area contributed by atoms with Crippen LogP contribution in [-0.2, 0) is 4.74 Å². The van der Waals surface area contributed by atoms with Gasteiger partial charge < -0.3 is 9.47 Å². The highest BCUT2D eigenvalue weighted by atomic mass is 16.5. The molecule has 4 heteroatoms. The third-order valence-electron chi connectivity index (χ3n) is 4.61. The highest BCUT2D eigenvalue weighted by molar-refractivity contribution is 5.59. The van der Waals surface area contributed by atoms with Crippen LogP contribution in [0.15, 0.2) is 55.4 Å². The van der Waals surface area contributed by atoms with Gasteiger partial charge in [-0.25, -0.2) is 0 Å². The molecule has 0 aliphatic rings. The van der Waals surface area contributed by atoms with Gasteiger partial charge in [0.1, 0.15) is 12.4 Å². The normalized spacial score (nSPS) is 12.2. The van der Waals surface area contributed by atoms with Crippen LogP contribution in [0.25, 0.3) is 17.3 Å². The summed E-state index contributed by atoms with van der Waals surface area (Å²) in [6, 6.07) is 7.85. The summed E-state index contributed by atoms with van der Waals surface area (Å²) in [5.41, 5.74) is 2.75. The molecule has 1 aromatic heterocycles. The van der Waals surface area contributed by atoms with Gasteiger partial charge in [0.05, 0.1) is 29.9 Å². The van der Waals surface area contributed by atoms with Gasteiger partial charge in [0.2, 0.25) is 0 Å². The van der Waals surface area contributed by atoms with Gasteiger partial charge in [-0.15, -0.1) is 0 Å². The van der Waals surface area contributed by atoms with E-state index >= 15 is 0 Å². The summed E-state index contributed by atoms with van der Waals surface area (Å²) in [4.78, 5) is 9.03. The van der Waals surface area contributed by atoms with Crippen molar-refractivity contribution in [3.05, 3.63) is 61.1 Å². The van der Waals surface area contributed by atoms with Crippen LogP contribution in [0.4, 0.5) is 0 Å². The Morgan fingerprint density at radius 3 is 2.59 bits per heavy atom. The average Bonchev–Trinajstić information content (AvgIpc) is 2.76. The van der Waals surface area contributed by atoms with Crippen molar-refractivity contribution >= 4 is 6.08 Å². The number of unbranched alkanes of at least 4 members (excludes halogenated alkanes) is 3. The Bertz CT molecular complexity index is 723. The Hall–Kier alpha value is -2.46. The number of ether oxygens (including phenoxy) is 2. The quantitative estimate of drug-likeness (QED) is 0.271. The van der Waals surface area contributed by atoms with Gasteiger partial charge in [0.15, 0.2) is 0 Å². The first-order valence-corrected chi connectivity index (χ1v) is 10.7. The lowest BCUT2D eigenvalue weighted by atomic mass is 10.1. The minimum Gasteiger partial charge on any atom is -0.490 e. The highest BCUT2D eigenvalue weighted by Crippen LogP contribution is 2.20. The third kappa shape index (κ3) is 9.05. The molecule has 0 N–H and O–H groups in total. The highest BCUT2D eigenvalue weighted by Gasteiger charge is 2.02. The molecule has 29 heavy (non-hydrogen) atoms. The lowest BCUT2D eigenvalue weighted by Gasteiger charge is -2.11. The van der Waals surface area contributed by atoms with Crippen molar-refractivity contribution in [1.82, 2.24) is 9.97 Å². The van der Waals surface area contributed by atoms with Crippen molar-refractivity contribution in [2.75, 3.05) is 13.2 Å². The van der Waals surface area contributed by atoms with E-state index in [2.05, 4.69) is 36.5 Å². The first kappa shape index (κ1) is 22.8. The number of benzene rings is 1. The summed E-state index contributed by atoms with van der Waals surface area (Å²) >= 11 is 0. The molecule has 4 nitrogen and oxygen atoms in total. The molecule has 0 fully saturated rings. The first-order valence-electron chi connectivity index (χ1n) is 10.7. The van der Waals surface area contributed by atoms with Crippen LogP contribution >= 0.6 is 0 Å². The van der Waals surface area contributed by atoms with Gasteiger partial charge in [-0.2, -0.15) is 0 Å². The zero-order valence-electron chi connectivity index (χ0n) is 17.8. The Morgan fingerprint density at radius 1 is 1.07 bits per heavy atom. The summed E-state index contributed by atoms with van der Waals surface area (Å²) in [5.74, 6) is 0.821. The van der Waals surface area contributed by atoms with E-state index in [0.29, 0.717) is 12.7 Å². The second-order valence-electron chi connectivity index (χ2n) is 7.17. The molecule has 156 valence electrons. The third-order valence-corrected chi connectivity index (χ3v) is 4.61. The fourth-order valence-corrected chi connectivity index (χ4v) is 2.90. The molecule has 0 aliphatic heterocycles. The molecule has 1 aromatic carbocycles. The molecule has 0 bridgehead atoms. The molecule has 0 amide bonds. The van der Waals surface area contributed by atoms with E-state index in [-0.39, 0.29) is 0 Å². The summed E-state index contributed by atoms with van der Waals surface area (Å²) in [5, 5.41) is 0. The fourth-order valence-electron chi connectivity index (χ4n) is 2.90. The van der Waals surface area contributed by atoms with Crippen molar-refractivity contribution in [2.24, 2.45) is 0 Å². The maximum atomic E-state index is 5.83. The van der Waals surface area contributed by atoms with Crippen molar-refractivity contribution in [3.63, 3.8) is 0 Å². The maximum Gasteiger partial charge on any atom is 0.119 e. The number of nitrogens with zero attached hydrogens (tertiary/aromatic N) is 2. The predicted molar refractivity (Wildman–Crippen MR) is 121 cm³/mol. The number of hydrogen-bond acceptors (Lipinski definition) is 4. The molecule has 2 rings (SSSR count). The van der Waals surface area contributed by atoms with Gasteiger partial charge in [-0.3, -0.25) is 9.97 Å². The summed E-state index contributed by atoms with van der Waals surface area (Å²) in [6.45, 7) is 9.42. The van der Waals surface area contributed by atoms with E-state index in [0.717, 1.165) is 48.6 Å². The Labute approximate surface area is 175 Å².